The van der Waals surface area contributed by atoms with E-state index in [4.69, 9.17) is 4.84 Å². The molecule has 3 rings (SSSR count). The maximum Gasteiger partial charge on any atom is 0.223 e. The average molecular weight is 244 g/mol. The van der Waals surface area contributed by atoms with Crippen molar-refractivity contribution in [2.24, 2.45) is 11.1 Å². The molecule has 0 saturated carbocycles. The Labute approximate surface area is 106 Å². The van der Waals surface area contributed by atoms with Gasteiger partial charge in [0.25, 0.3) is 0 Å². The molecule has 2 heterocycles. The van der Waals surface area contributed by atoms with Gasteiger partial charge in [-0.1, -0.05) is 35.5 Å². The van der Waals surface area contributed by atoms with E-state index in [2.05, 4.69) is 22.6 Å². The highest BCUT2D eigenvalue weighted by atomic mass is 16.7. The highest BCUT2D eigenvalue weighted by molar-refractivity contribution is 5.91. The Morgan fingerprint density at radius 2 is 2.11 bits per heavy atom. The van der Waals surface area contributed by atoms with E-state index in [1.54, 1.807) is 0 Å². The Hall–Kier alpha value is -1.84. The summed E-state index contributed by atoms with van der Waals surface area (Å²) in [5.41, 5.74) is 1.43. The van der Waals surface area contributed by atoms with Gasteiger partial charge >= 0.3 is 0 Å². The number of fused-ring (bicyclic) bond motifs is 1. The number of piperidine rings is 1. The van der Waals surface area contributed by atoms with Crippen molar-refractivity contribution in [3.05, 3.63) is 35.9 Å². The van der Waals surface area contributed by atoms with Crippen molar-refractivity contribution in [1.29, 1.82) is 0 Å². The van der Waals surface area contributed by atoms with Gasteiger partial charge in [0.1, 0.15) is 0 Å². The maximum absolute atomic E-state index is 11.9. The molecule has 0 bridgehead atoms. The fourth-order valence-corrected chi connectivity index (χ4v) is 3.11. The van der Waals surface area contributed by atoms with Gasteiger partial charge in [0.2, 0.25) is 11.6 Å². The number of carbonyl (C=O) groups excluding carboxylic acids is 1. The zero-order chi connectivity index (χ0) is 12.8. The average Bonchev–Trinajstić information content (AvgIpc) is 2.65. The van der Waals surface area contributed by atoms with Crippen LogP contribution in [-0.2, 0) is 9.63 Å². The van der Waals surface area contributed by atoms with Crippen LogP contribution in [0.3, 0.4) is 0 Å². The van der Waals surface area contributed by atoms with Crippen LogP contribution in [0, 0.1) is 5.92 Å². The molecule has 1 amide bonds. The molecular weight excluding hydrogens is 228 g/mol. The normalized spacial score (nSPS) is 34.3. The monoisotopic (exact) mass is 244 g/mol. The van der Waals surface area contributed by atoms with Crippen molar-refractivity contribution in [3.63, 3.8) is 0 Å². The quantitative estimate of drug-likeness (QED) is 0.821. The van der Waals surface area contributed by atoms with E-state index in [-0.39, 0.29) is 17.7 Å². The van der Waals surface area contributed by atoms with Gasteiger partial charge in [-0.05, 0) is 19.4 Å². The highest BCUT2D eigenvalue weighted by Crippen LogP contribution is 2.43. The highest BCUT2D eigenvalue weighted by Gasteiger charge is 2.52. The van der Waals surface area contributed by atoms with Crippen molar-refractivity contribution >= 4 is 11.6 Å². The van der Waals surface area contributed by atoms with Crippen molar-refractivity contribution < 1.29 is 9.63 Å². The zero-order valence-corrected chi connectivity index (χ0v) is 10.5. The van der Waals surface area contributed by atoms with Crippen LogP contribution in [0.25, 0.3) is 0 Å². The first-order chi connectivity index (χ1) is 8.60. The molecule has 2 aliphatic rings. The van der Waals surface area contributed by atoms with E-state index in [0.29, 0.717) is 6.42 Å². The minimum atomic E-state index is -0.695. The molecule has 0 radical (unpaired) electrons. The Kier molecular flexibility index (Phi) is 2.40. The Morgan fingerprint density at radius 3 is 2.83 bits per heavy atom. The van der Waals surface area contributed by atoms with Crippen molar-refractivity contribution in [2.45, 2.75) is 31.9 Å². The van der Waals surface area contributed by atoms with Gasteiger partial charge in [0, 0.05) is 12.3 Å². The number of rotatable bonds is 1. The van der Waals surface area contributed by atoms with E-state index in [0.717, 1.165) is 5.71 Å². The van der Waals surface area contributed by atoms with Crippen molar-refractivity contribution in [2.75, 3.05) is 0 Å². The molecule has 1 N–H and O–H groups in total. The standard InChI is InChI=1S/C14H16N2O2/c1-9-13-11(10-6-4-3-5-7-10)8-12(17)15-14(13,2)18-16-9/h3-7,11,13H,8H2,1-2H3,(H,15,17)/t11?,13-,14-/m0/s1. The summed E-state index contributed by atoms with van der Waals surface area (Å²) in [4.78, 5) is 17.3. The molecule has 94 valence electrons. The Bertz CT molecular complexity index is 512. The number of nitrogens with one attached hydrogen (secondary N) is 1. The van der Waals surface area contributed by atoms with Gasteiger partial charge in [-0.25, -0.2) is 0 Å². The van der Waals surface area contributed by atoms with Crippen LogP contribution in [0.15, 0.2) is 35.5 Å². The molecule has 1 aromatic carbocycles. The molecule has 2 aliphatic heterocycles. The van der Waals surface area contributed by atoms with E-state index >= 15 is 0 Å². The largest absolute Gasteiger partial charge is 0.367 e. The van der Waals surface area contributed by atoms with Crippen molar-refractivity contribution in [1.82, 2.24) is 5.32 Å². The lowest BCUT2D eigenvalue weighted by molar-refractivity contribution is -0.141. The van der Waals surface area contributed by atoms with Gasteiger partial charge in [-0.2, -0.15) is 0 Å². The smallest absolute Gasteiger partial charge is 0.223 e. The Balaban J connectivity index is 2.02. The van der Waals surface area contributed by atoms with Crippen LogP contribution in [0.2, 0.25) is 0 Å². The molecule has 4 heteroatoms. The van der Waals surface area contributed by atoms with E-state index < -0.39 is 5.72 Å². The number of nitrogens with zero attached hydrogens (tertiary/aromatic N) is 1. The second kappa shape index (κ2) is 3.83. The molecule has 3 atom stereocenters. The minimum absolute atomic E-state index is 0.0208. The fourth-order valence-electron chi connectivity index (χ4n) is 3.11. The van der Waals surface area contributed by atoms with Crippen LogP contribution in [-0.4, -0.2) is 17.3 Å². The fraction of sp³-hybridized carbons (Fsp3) is 0.429. The second-order valence-electron chi connectivity index (χ2n) is 5.18. The van der Waals surface area contributed by atoms with Gasteiger partial charge in [0.05, 0.1) is 11.6 Å². The predicted octanol–water partition coefficient (Wildman–Crippen LogP) is 2.03. The van der Waals surface area contributed by atoms with Gasteiger partial charge in [-0.15, -0.1) is 0 Å². The number of hydrogen-bond acceptors (Lipinski definition) is 3. The Morgan fingerprint density at radius 1 is 1.39 bits per heavy atom. The summed E-state index contributed by atoms with van der Waals surface area (Å²) in [5.74, 6) is 0.265. The SMILES string of the molecule is CC1=NO[C@]2(C)NC(=O)CC(c3ccccc3)[C@H]12. The van der Waals surface area contributed by atoms with E-state index in [1.165, 1.54) is 5.56 Å². The number of hydrogen-bond donors (Lipinski definition) is 1. The molecule has 0 aromatic heterocycles. The van der Waals surface area contributed by atoms with Crippen LogP contribution < -0.4 is 5.32 Å². The summed E-state index contributed by atoms with van der Waals surface area (Å²) >= 11 is 0. The first-order valence-corrected chi connectivity index (χ1v) is 6.19. The topological polar surface area (TPSA) is 50.7 Å². The third-order valence-corrected chi connectivity index (χ3v) is 3.85. The summed E-state index contributed by atoms with van der Waals surface area (Å²) in [7, 11) is 0. The van der Waals surface area contributed by atoms with Gasteiger partial charge in [-0.3, -0.25) is 4.79 Å². The third-order valence-electron chi connectivity index (χ3n) is 3.85. The molecule has 4 nitrogen and oxygen atoms in total. The predicted molar refractivity (Wildman–Crippen MR) is 68.0 cm³/mol. The summed E-state index contributed by atoms with van der Waals surface area (Å²) in [6.07, 6.45) is 0.487. The first kappa shape index (κ1) is 11.3. The summed E-state index contributed by atoms with van der Waals surface area (Å²) < 4.78 is 0. The summed E-state index contributed by atoms with van der Waals surface area (Å²) in [5, 5.41) is 6.97. The lowest BCUT2D eigenvalue weighted by atomic mass is 9.73. The number of oxime groups is 1. The lowest BCUT2D eigenvalue weighted by Crippen LogP contribution is -2.58. The molecule has 18 heavy (non-hydrogen) atoms. The van der Waals surface area contributed by atoms with Crippen LogP contribution in [0.1, 0.15) is 31.7 Å². The molecule has 0 aliphatic carbocycles. The van der Waals surface area contributed by atoms with Crippen LogP contribution in [0.5, 0.6) is 0 Å². The van der Waals surface area contributed by atoms with Crippen LogP contribution in [0.4, 0.5) is 0 Å². The van der Waals surface area contributed by atoms with Crippen molar-refractivity contribution in [3.8, 4) is 0 Å². The van der Waals surface area contributed by atoms with E-state index in [9.17, 15) is 4.79 Å². The summed E-state index contributed by atoms with van der Waals surface area (Å²) in [6, 6.07) is 10.1. The minimum Gasteiger partial charge on any atom is -0.367 e. The summed E-state index contributed by atoms with van der Waals surface area (Å²) in [6.45, 7) is 3.86. The molecule has 1 fully saturated rings. The molecule has 1 unspecified atom stereocenters. The number of benzene rings is 1. The molecule has 1 aromatic rings. The zero-order valence-electron chi connectivity index (χ0n) is 10.5. The van der Waals surface area contributed by atoms with Crippen LogP contribution >= 0.6 is 0 Å². The molecular formula is C14H16N2O2. The molecule has 0 spiro atoms. The maximum atomic E-state index is 11.9. The number of carbonyl (C=O) groups is 1. The third kappa shape index (κ3) is 1.60. The van der Waals surface area contributed by atoms with E-state index in [1.807, 2.05) is 32.0 Å². The molecule has 1 saturated heterocycles. The lowest BCUT2D eigenvalue weighted by Gasteiger charge is -2.39. The second-order valence-corrected chi connectivity index (χ2v) is 5.18. The first-order valence-electron chi connectivity index (χ1n) is 6.19. The number of amides is 1. The van der Waals surface area contributed by atoms with Gasteiger partial charge in [0.15, 0.2) is 0 Å². The van der Waals surface area contributed by atoms with Gasteiger partial charge < -0.3 is 10.2 Å².